The molecule has 0 bridgehead atoms. The number of benzene rings is 4. The van der Waals surface area contributed by atoms with E-state index in [-0.39, 0.29) is 11.5 Å². The molecule has 5 rings (SSSR count). The molecule has 29 heavy (non-hydrogen) atoms. The first-order valence-electron chi connectivity index (χ1n) is 10.0. The molecule has 0 saturated heterocycles. The molecule has 0 spiro atoms. The number of hydrogen-bond donors (Lipinski definition) is 2. The van der Waals surface area contributed by atoms with Crippen molar-refractivity contribution in [1.82, 2.24) is 0 Å². The maximum atomic E-state index is 9.80. The third-order valence-corrected chi connectivity index (χ3v) is 5.94. The molecular weight excluding hydrogens is 356 g/mol. The minimum Gasteiger partial charge on any atom is -0.508 e. The van der Waals surface area contributed by atoms with Crippen LogP contribution in [0.3, 0.4) is 0 Å². The lowest BCUT2D eigenvalue weighted by Crippen LogP contribution is -2.01. The summed E-state index contributed by atoms with van der Waals surface area (Å²) < 4.78 is 0. The van der Waals surface area contributed by atoms with Crippen LogP contribution in [0.15, 0.2) is 91.0 Å². The second kappa shape index (κ2) is 7.14. The maximum absolute atomic E-state index is 9.80. The van der Waals surface area contributed by atoms with E-state index in [0.29, 0.717) is 5.92 Å². The van der Waals surface area contributed by atoms with Gasteiger partial charge in [-0.2, -0.15) is 0 Å². The van der Waals surface area contributed by atoms with E-state index in [2.05, 4.69) is 42.5 Å². The summed E-state index contributed by atoms with van der Waals surface area (Å²) in [6.07, 6.45) is 2.20. The largest absolute Gasteiger partial charge is 0.508 e. The molecule has 2 heteroatoms. The van der Waals surface area contributed by atoms with Gasteiger partial charge in [0.2, 0.25) is 0 Å². The topological polar surface area (TPSA) is 40.5 Å². The van der Waals surface area contributed by atoms with Crippen molar-refractivity contribution in [3.63, 3.8) is 0 Å². The molecule has 2 N–H and O–H groups in total. The molecule has 0 aromatic heterocycles. The Labute approximate surface area is 170 Å². The zero-order valence-electron chi connectivity index (χ0n) is 16.0. The van der Waals surface area contributed by atoms with Crippen LogP contribution < -0.4 is 0 Å². The molecule has 1 atom stereocenters. The van der Waals surface area contributed by atoms with Gasteiger partial charge >= 0.3 is 0 Å². The van der Waals surface area contributed by atoms with E-state index in [1.165, 1.54) is 22.3 Å². The standard InChI is InChI=1S/C27H22O2/c28-21-13-8-19(9-14-21)24-6-3-7-26(27(24)20-10-15-22(29)16-11-20)25-17-12-18-4-1-2-5-23(18)25/h1-11,13-16,25,28-29H,12,17H2. The van der Waals surface area contributed by atoms with Gasteiger partial charge in [0.25, 0.3) is 0 Å². The molecule has 0 aliphatic heterocycles. The van der Waals surface area contributed by atoms with Crippen LogP contribution in [0.4, 0.5) is 0 Å². The average Bonchev–Trinajstić information content (AvgIpc) is 3.18. The Morgan fingerprint density at radius 1 is 0.586 bits per heavy atom. The van der Waals surface area contributed by atoms with Crippen LogP contribution in [0.25, 0.3) is 22.3 Å². The second-order valence-corrected chi connectivity index (χ2v) is 7.65. The highest BCUT2D eigenvalue weighted by Gasteiger charge is 2.27. The van der Waals surface area contributed by atoms with Crippen molar-refractivity contribution >= 4 is 0 Å². The number of fused-ring (bicyclic) bond motifs is 1. The van der Waals surface area contributed by atoms with Crippen LogP contribution in [0, 0.1) is 0 Å². The lowest BCUT2D eigenvalue weighted by Gasteiger charge is -2.21. The van der Waals surface area contributed by atoms with Crippen LogP contribution in [0.5, 0.6) is 11.5 Å². The van der Waals surface area contributed by atoms with E-state index in [9.17, 15) is 10.2 Å². The van der Waals surface area contributed by atoms with Gasteiger partial charge in [-0.3, -0.25) is 0 Å². The Balaban J connectivity index is 1.74. The molecule has 4 aromatic rings. The fourth-order valence-corrected chi connectivity index (χ4v) is 4.57. The van der Waals surface area contributed by atoms with Crippen molar-refractivity contribution < 1.29 is 10.2 Å². The van der Waals surface area contributed by atoms with Crippen LogP contribution in [0.1, 0.15) is 29.0 Å². The Kier molecular flexibility index (Phi) is 4.33. The van der Waals surface area contributed by atoms with Crippen LogP contribution in [-0.2, 0) is 6.42 Å². The summed E-state index contributed by atoms with van der Waals surface area (Å²) in [7, 11) is 0. The van der Waals surface area contributed by atoms with Gasteiger partial charge < -0.3 is 10.2 Å². The highest BCUT2D eigenvalue weighted by molar-refractivity contribution is 5.87. The van der Waals surface area contributed by atoms with Crippen LogP contribution in [-0.4, -0.2) is 10.2 Å². The molecule has 0 saturated carbocycles. The normalized spacial score (nSPS) is 15.2. The highest BCUT2D eigenvalue weighted by Crippen LogP contribution is 2.45. The van der Waals surface area contributed by atoms with Crippen molar-refractivity contribution in [2.45, 2.75) is 18.8 Å². The van der Waals surface area contributed by atoms with Gasteiger partial charge in [0.05, 0.1) is 0 Å². The summed E-state index contributed by atoms with van der Waals surface area (Å²) >= 11 is 0. The van der Waals surface area contributed by atoms with Crippen LogP contribution in [0.2, 0.25) is 0 Å². The lowest BCUT2D eigenvalue weighted by atomic mass is 9.83. The zero-order chi connectivity index (χ0) is 19.8. The summed E-state index contributed by atoms with van der Waals surface area (Å²) in [5.41, 5.74) is 8.65. The van der Waals surface area contributed by atoms with Gasteiger partial charge in [0, 0.05) is 5.92 Å². The highest BCUT2D eigenvalue weighted by atomic mass is 16.3. The van der Waals surface area contributed by atoms with Crippen molar-refractivity contribution in [3.8, 4) is 33.8 Å². The fraction of sp³-hybridized carbons (Fsp3) is 0.111. The van der Waals surface area contributed by atoms with Crippen molar-refractivity contribution in [1.29, 1.82) is 0 Å². The van der Waals surface area contributed by atoms with Crippen LogP contribution >= 0.6 is 0 Å². The zero-order valence-corrected chi connectivity index (χ0v) is 16.0. The first-order valence-corrected chi connectivity index (χ1v) is 10.0. The fourth-order valence-electron chi connectivity index (χ4n) is 4.57. The van der Waals surface area contributed by atoms with Crippen molar-refractivity contribution in [2.24, 2.45) is 0 Å². The van der Waals surface area contributed by atoms with Gasteiger partial charge in [-0.25, -0.2) is 0 Å². The van der Waals surface area contributed by atoms with Crippen molar-refractivity contribution in [3.05, 3.63) is 108 Å². The minimum absolute atomic E-state index is 0.265. The van der Waals surface area contributed by atoms with E-state index in [1.807, 2.05) is 24.3 Å². The smallest absolute Gasteiger partial charge is 0.115 e. The van der Waals surface area contributed by atoms with E-state index in [4.69, 9.17) is 0 Å². The first kappa shape index (κ1) is 17.6. The SMILES string of the molecule is Oc1ccc(-c2cccc(C3CCc4ccccc43)c2-c2ccc(O)cc2)cc1. The quantitative estimate of drug-likeness (QED) is 0.427. The van der Waals surface area contributed by atoms with E-state index < -0.39 is 0 Å². The molecule has 1 unspecified atom stereocenters. The number of phenolic OH excluding ortho intramolecular Hbond substituents is 2. The third-order valence-electron chi connectivity index (χ3n) is 5.94. The van der Waals surface area contributed by atoms with Gasteiger partial charge in [0.15, 0.2) is 0 Å². The average molecular weight is 378 g/mol. The third kappa shape index (κ3) is 3.17. The second-order valence-electron chi connectivity index (χ2n) is 7.65. The Hall–Kier alpha value is -3.52. The van der Waals surface area contributed by atoms with Gasteiger partial charge in [-0.05, 0) is 76.1 Å². The number of phenols is 2. The molecule has 2 nitrogen and oxygen atoms in total. The monoisotopic (exact) mass is 378 g/mol. The predicted octanol–water partition coefficient (Wildman–Crippen LogP) is 6.51. The van der Waals surface area contributed by atoms with Crippen molar-refractivity contribution in [2.75, 3.05) is 0 Å². The number of aromatic hydroxyl groups is 2. The molecule has 1 aliphatic carbocycles. The number of aryl methyl sites for hydroxylation is 1. The Morgan fingerprint density at radius 2 is 1.21 bits per heavy atom. The number of rotatable bonds is 3. The van der Waals surface area contributed by atoms with E-state index >= 15 is 0 Å². The Bertz CT molecular complexity index is 1160. The summed E-state index contributed by atoms with van der Waals surface area (Å²) in [5, 5.41) is 19.5. The summed E-state index contributed by atoms with van der Waals surface area (Å²) in [5.74, 6) is 0.886. The van der Waals surface area contributed by atoms with Gasteiger partial charge in [-0.1, -0.05) is 66.7 Å². The van der Waals surface area contributed by atoms with E-state index in [1.54, 1.807) is 24.3 Å². The predicted molar refractivity (Wildman–Crippen MR) is 117 cm³/mol. The summed E-state index contributed by atoms with van der Waals surface area (Å²) in [6.45, 7) is 0. The summed E-state index contributed by atoms with van der Waals surface area (Å²) in [6, 6.07) is 30.1. The maximum Gasteiger partial charge on any atom is 0.115 e. The molecule has 0 heterocycles. The molecule has 0 amide bonds. The van der Waals surface area contributed by atoms with E-state index in [0.717, 1.165) is 29.5 Å². The molecule has 0 fully saturated rings. The molecule has 4 aromatic carbocycles. The molecule has 142 valence electrons. The number of hydrogen-bond acceptors (Lipinski definition) is 2. The van der Waals surface area contributed by atoms with Gasteiger partial charge in [0.1, 0.15) is 11.5 Å². The minimum atomic E-state index is 0.265. The molecular formula is C27H22O2. The van der Waals surface area contributed by atoms with Gasteiger partial charge in [-0.15, -0.1) is 0 Å². The first-order chi connectivity index (χ1) is 14.2. The molecule has 1 aliphatic rings. The lowest BCUT2D eigenvalue weighted by molar-refractivity contribution is 0.475. The molecule has 0 radical (unpaired) electrons. The Morgan fingerprint density at radius 3 is 1.93 bits per heavy atom. The summed E-state index contributed by atoms with van der Waals surface area (Å²) in [4.78, 5) is 0.